The van der Waals surface area contributed by atoms with Gasteiger partial charge in [0.2, 0.25) is 5.91 Å². The SMILES string of the molecule is Cc1ccc(CCC(=O)N2CCO[C@H](C(=O)O)C2)o1. The highest BCUT2D eigenvalue weighted by atomic mass is 16.5. The Balaban J connectivity index is 1.84. The standard InChI is InChI=1S/C13H17NO5/c1-9-2-3-10(19-9)4-5-12(15)14-6-7-18-11(8-14)13(16)17/h2-3,11H,4-8H2,1H3,(H,16,17)/t11-/m0/s1. The summed E-state index contributed by atoms with van der Waals surface area (Å²) in [4.78, 5) is 24.3. The van der Waals surface area contributed by atoms with E-state index in [-0.39, 0.29) is 19.1 Å². The molecule has 1 aliphatic rings. The maximum atomic E-state index is 12.0. The summed E-state index contributed by atoms with van der Waals surface area (Å²) in [6, 6.07) is 3.71. The molecule has 1 N–H and O–H groups in total. The highest BCUT2D eigenvalue weighted by molar-refractivity contribution is 5.78. The molecule has 2 rings (SSSR count). The monoisotopic (exact) mass is 267 g/mol. The molecule has 1 aliphatic heterocycles. The van der Waals surface area contributed by atoms with E-state index >= 15 is 0 Å². The van der Waals surface area contributed by atoms with E-state index in [2.05, 4.69) is 0 Å². The highest BCUT2D eigenvalue weighted by Gasteiger charge is 2.28. The first-order valence-electron chi connectivity index (χ1n) is 6.24. The molecule has 1 aromatic rings. The van der Waals surface area contributed by atoms with Gasteiger partial charge in [-0.1, -0.05) is 0 Å². The number of amides is 1. The number of hydrogen-bond donors (Lipinski definition) is 1. The number of carbonyl (C=O) groups is 2. The number of hydrogen-bond acceptors (Lipinski definition) is 4. The zero-order valence-corrected chi connectivity index (χ0v) is 10.8. The van der Waals surface area contributed by atoms with Crippen LogP contribution in [0, 0.1) is 6.92 Å². The predicted octanol–water partition coefficient (Wildman–Crippen LogP) is 0.833. The quantitative estimate of drug-likeness (QED) is 0.874. The van der Waals surface area contributed by atoms with Crippen molar-refractivity contribution >= 4 is 11.9 Å². The number of morpholine rings is 1. The van der Waals surface area contributed by atoms with E-state index in [0.717, 1.165) is 11.5 Å². The third kappa shape index (κ3) is 3.57. The summed E-state index contributed by atoms with van der Waals surface area (Å²) in [6.45, 7) is 2.68. The van der Waals surface area contributed by atoms with Gasteiger partial charge in [0.15, 0.2) is 6.10 Å². The van der Waals surface area contributed by atoms with E-state index in [1.54, 1.807) is 0 Å². The molecule has 0 saturated carbocycles. The lowest BCUT2D eigenvalue weighted by Gasteiger charge is -2.30. The first-order valence-corrected chi connectivity index (χ1v) is 6.24. The van der Waals surface area contributed by atoms with E-state index in [4.69, 9.17) is 14.3 Å². The fourth-order valence-corrected chi connectivity index (χ4v) is 2.03. The summed E-state index contributed by atoms with van der Waals surface area (Å²) in [6.07, 6.45) is -0.0651. The summed E-state index contributed by atoms with van der Waals surface area (Å²) < 4.78 is 10.5. The minimum absolute atomic E-state index is 0.0661. The Hall–Kier alpha value is -1.82. The molecule has 6 heteroatoms. The average molecular weight is 267 g/mol. The summed E-state index contributed by atoms with van der Waals surface area (Å²) in [7, 11) is 0. The number of carbonyl (C=O) groups excluding carboxylic acids is 1. The Labute approximate surface area is 110 Å². The van der Waals surface area contributed by atoms with Gasteiger partial charge in [0, 0.05) is 19.4 Å². The molecule has 104 valence electrons. The van der Waals surface area contributed by atoms with Crippen molar-refractivity contribution in [2.75, 3.05) is 19.7 Å². The number of furan rings is 1. The van der Waals surface area contributed by atoms with Crippen LogP contribution < -0.4 is 0 Å². The Morgan fingerprint density at radius 1 is 1.47 bits per heavy atom. The van der Waals surface area contributed by atoms with E-state index in [1.807, 2.05) is 19.1 Å². The first-order chi connectivity index (χ1) is 9.06. The molecule has 6 nitrogen and oxygen atoms in total. The van der Waals surface area contributed by atoms with Crippen LogP contribution in [0.5, 0.6) is 0 Å². The van der Waals surface area contributed by atoms with Gasteiger partial charge in [-0.3, -0.25) is 4.79 Å². The van der Waals surface area contributed by atoms with Crippen LogP contribution in [0.1, 0.15) is 17.9 Å². The second kappa shape index (κ2) is 5.88. The molecule has 1 amide bonds. The van der Waals surface area contributed by atoms with Crippen LogP contribution in [0.25, 0.3) is 0 Å². The first kappa shape index (κ1) is 13.6. The van der Waals surface area contributed by atoms with Gasteiger partial charge in [-0.15, -0.1) is 0 Å². The Bertz CT molecular complexity index is 467. The molecular weight excluding hydrogens is 250 g/mol. The molecule has 1 fully saturated rings. The summed E-state index contributed by atoms with van der Waals surface area (Å²) in [5, 5.41) is 8.87. The van der Waals surface area contributed by atoms with E-state index in [1.165, 1.54) is 4.90 Å². The van der Waals surface area contributed by atoms with E-state index in [0.29, 0.717) is 19.4 Å². The predicted molar refractivity (Wildman–Crippen MR) is 65.7 cm³/mol. The number of carboxylic acid groups (broad SMARTS) is 1. The zero-order chi connectivity index (χ0) is 13.8. The van der Waals surface area contributed by atoms with Gasteiger partial charge in [0.1, 0.15) is 11.5 Å². The second-order valence-corrected chi connectivity index (χ2v) is 4.55. The number of rotatable bonds is 4. The number of aliphatic carboxylic acids is 1. The van der Waals surface area contributed by atoms with Gasteiger partial charge in [-0.2, -0.15) is 0 Å². The normalized spacial score (nSPS) is 19.4. The summed E-state index contributed by atoms with van der Waals surface area (Å²) in [5.74, 6) is 0.497. The summed E-state index contributed by atoms with van der Waals surface area (Å²) >= 11 is 0. The molecule has 1 aromatic heterocycles. The maximum absolute atomic E-state index is 12.0. The average Bonchev–Trinajstić information content (AvgIpc) is 2.82. The molecule has 1 saturated heterocycles. The van der Waals surface area contributed by atoms with Crippen molar-refractivity contribution in [2.24, 2.45) is 0 Å². The van der Waals surface area contributed by atoms with Gasteiger partial charge < -0.3 is 19.2 Å². The van der Waals surface area contributed by atoms with Crippen molar-refractivity contribution < 1.29 is 23.8 Å². The van der Waals surface area contributed by atoms with Gasteiger partial charge in [0.05, 0.1) is 13.2 Å². The Morgan fingerprint density at radius 2 is 2.26 bits per heavy atom. The Morgan fingerprint density at radius 3 is 2.89 bits per heavy atom. The lowest BCUT2D eigenvalue weighted by atomic mass is 10.2. The van der Waals surface area contributed by atoms with Gasteiger partial charge in [-0.05, 0) is 19.1 Å². The van der Waals surface area contributed by atoms with Crippen LogP contribution in [0.15, 0.2) is 16.5 Å². The van der Waals surface area contributed by atoms with Gasteiger partial charge in [-0.25, -0.2) is 4.79 Å². The molecule has 0 radical (unpaired) electrons. The number of aryl methyl sites for hydroxylation is 2. The maximum Gasteiger partial charge on any atom is 0.334 e. The third-order valence-corrected chi connectivity index (χ3v) is 3.08. The smallest absolute Gasteiger partial charge is 0.334 e. The number of ether oxygens (including phenoxy) is 1. The van der Waals surface area contributed by atoms with Crippen molar-refractivity contribution in [3.05, 3.63) is 23.7 Å². The fourth-order valence-electron chi connectivity index (χ4n) is 2.03. The molecule has 0 spiro atoms. The molecule has 19 heavy (non-hydrogen) atoms. The number of carboxylic acids is 1. The number of nitrogens with zero attached hydrogens (tertiary/aromatic N) is 1. The molecule has 1 atom stereocenters. The van der Waals surface area contributed by atoms with Crippen molar-refractivity contribution in [2.45, 2.75) is 25.9 Å². The minimum Gasteiger partial charge on any atom is -0.479 e. The molecule has 0 bridgehead atoms. The lowest BCUT2D eigenvalue weighted by Crippen LogP contribution is -2.48. The highest BCUT2D eigenvalue weighted by Crippen LogP contribution is 2.12. The van der Waals surface area contributed by atoms with E-state index in [9.17, 15) is 9.59 Å². The van der Waals surface area contributed by atoms with Crippen LogP contribution in [0.3, 0.4) is 0 Å². The zero-order valence-electron chi connectivity index (χ0n) is 10.8. The van der Waals surface area contributed by atoms with Crippen LogP contribution >= 0.6 is 0 Å². The van der Waals surface area contributed by atoms with Crippen LogP contribution in [0.2, 0.25) is 0 Å². The van der Waals surface area contributed by atoms with Crippen LogP contribution in [-0.2, 0) is 20.7 Å². The molecule has 2 heterocycles. The third-order valence-electron chi connectivity index (χ3n) is 3.08. The van der Waals surface area contributed by atoms with Crippen molar-refractivity contribution in [3.8, 4) is 0 Å². The molecule has 0 unspecified atom stereocenters. The molecule has 0 aromatic carbocycles. The van der Waals surface area contributed by atoms with Crippen molar-refractivity contribution in [3.63, 3.8) is 0 Å². The van der Waals surface area contributed by atoms with Crippen molar-refractivity contribution in [1.29, 1.82) is 0 Å². The van der Waals surface area contributed by atoms with Crippen LogP contribution in [-0.4, -0.2) is 47.7 Å². The van der Waals surface area contributed by atoms with Gasteiger partial charge >= 0.3 is 5.97 Å². The fraction of sp³-hybridized carbons (Fsp3) is 0.538. The van der Waals surface area contributed by atoms with Gasteiger partial charge in [0.25, 0.3) is 0 Å². The minimum atomic E-state index is -1.03. The van der Waals surface area contributed by atoms with E-state index < -0.39 is 12.1 Å². The largest absolute Gasteiger partial charge is 0.479 e. The van der Waals surface area contributed by atoms with Crippen molar-refractivity contribution in [1.82, 2.24) is 4.90 Å². The molecular formula is C13H17NO5. The topological polar surface area (TPSA) is 80.0 Å². The lowest BCUT2D eigenvalue weighted by molar-refractivity contribution is -0.159. The van der Waals surface area contributed by atoms with Crippen LogP contribution in [0.4, 0.5) is 0 Å². The Kier molecular flexibility index (Phi) is 4.21. The summed E-state index contributed by atoms with van der Waals surface area (Å²) in [5.41, 5.74) is 0. The molecule has 0 aliphatic carbocycles. The second-order valence-electron chi connectivity index (χ2n) is 4.55.